The molecule has 2 aromatic rings. The predicted molar refractivity (Wildman–Crippen MR) is 90.3 cm³/mol. The van der Waals surface area contributed by atoms with Crippen LogP contribution >= 0.6 is 0 Å². The second-order valence-electron chi connectivity index (χ2n) is 5.02. The second kappa shape index (κ2) is 8.63. The van der Waals surface area contributed by atoms with E-state index in [1.165, 1.54) is 44.6 Å². The van der Waals surface area contributed by atoms with Crippen LogP contribution in [-0.2, 0) is 9.53 Å². The lowest BCUT2D eigenvalue weighted by atomic mass is 10.1. The SMILES string of the molecule is COc1cc(/C=C/C(=O)OCC(=O)c2cccc(F)c2)cc(OC)c1. The molecule has 0 aliphatic heterocycles. The second-order valence-corrected chi connectivity index (χ2v) is 5.02. The topological polar surface area (TPSA) is 61.8 Å². The highest BCUT2D eigenvalue weighted by Gasteiger charge is 2.09. The van der Waals surface area contributed by atoms with E-state index in [0.29, 0.717) is 17.1 Å². The lowest BCUT2D eigenvalue weighted by Gasteiger charge is -2.06. The maximum absolute atomic E-state index is 13.1. The Hall–Kier alpha value is -3.15. The Labute approximate surface area is 144 Å². The smallest absolute Gasteiger partial charge is 0.331 e. The van der Waals surface area contributed by atoms with Crippen LogP contribution in [0.15, 0.2) is 48.5 Å². The highest BCUT2D eigenvalue weighted by molar-refractivity contribution is 5.98. The summed E-state index contributed by atoms with van der Waals surface area (Å²) in [6, 6.07) is 10.3. The summed E-state index contributed by atoms with van der Waals surface area (Å²) >= 11 is 0. The molecule has 2 rings (SSSR count). The first-order valence-corrected chi connectivity index (χ1v) is 7.38. The van der Waals surface area contributed by atoms with Gasteiger partial charge in [0.25, 0.3) is 0 Å². The van der Waals surface area contributed by atoms with E-state index in [1.807, 2.05) is 0 Å². The molecule has 5 nitrogen and oxygen atoms in total. The Morgan fingerprint density at radius 3 is 2.32 bits per heavy atom. The highest BCUT2D eigenvalue weighted by atomic mass is 19.1. The number of halogens is 1. The molecule has 0 amide bonds. The van der Waals surface area contributed by atoms with Crippen LogP contribution in [0.3, 0.4) is 0 Å². The molecule has 25 heavy (non-hydrogen) atoms. The van der Waals surface area contributed by atoms with Crippen molar-refractivity contribution < 1.29 is 28.2 Å². The number of carbonyl (C=O) groups is 2. The Balaban J connectivity index is 1.96. The van der Waals surface area contributed by atoms with Crippen molar-refractivity contribution >= 4 is 17.8 Å². The molecule has 0 bridgehead atoms. The van der Waals surface area contributed by atoms with Crippen molar-refractivity contribution in [3.8, 4) is 11.5 Å². The lowest BCUT2D eigenvalue weighted by molar-refractivity contribution is -0.136. The number of rotatable bonds is 7. The van der Waals surface area contributed by atoms with Crippen LogP contribution in [0, 0.1) is 5.82 Å². The third kappa shape index (κ3) is 5.46. The maximum Gasteiger partial charge on any atom is 0.331 e. The van der Waals surface area contributed by atoms with E-state index in [9.17, 15) is 14.0 Å². The van der Waals surface area contributed by atoms with Gasteiger partial charge in [0.15, 0.2) is 12.4 Å². The summed E-state index contributed by atoms with van der Waals surface area (Å²) in [5, 5.41) is 0. The molecule has 0 spiro atoms. The van der Waals surface area contributed by atoms with Crippen LogP contribution in [0.25, 0.3) is 6.08 Å². The zero-order valence-electron chi connectivity index (χ0n) is 13.8. The minimum atomic E-state index is -0.688. The van der Waals surface area contributed by atoms with Crippen LogP contribution in [0.5, 0.6) is 11.5 Å². The van der Waals surface area contributed by atoms with E-state index in [1.54, 1.807) is 18.2 Å². The van der Waals surface area contributed by atoms with Gasteiger partial charge in [-0.25, -0.2) is 9.18 Å². The summed E-state index contributed by atoms with van der Waals surface area (Å²) < 4.78 is 28.2. The van der Waals surface area contributed by atoms with Gasteiger partial charge in [0.2, 0.25) is 0 Å². The average Bonchev–Trinajstić information content (AvgIpc) is 2.63. The first-order chi connectivity index (χ1) is 12.0. The maximum atomic E-state index is 13.1. The molecule has 0 saturated heterocycles. The van der Waals surface area contributed by atoms with Gasteiger partial charge < -0.3 is 14.2 Å². The molecule has 0 N–H and O–H groups in total. The third-order valence-corrected chi connectivity index (χ3v) is 3.28. The largest absolute Gasteiger partial charge is 0.497 e. The van der Waals surface area contributed by atoms with E-state index in [0.717, 1.165) is 6.07 Å². The summed E-state index contributed by atoms with van der Waals surface area (Å²) in [5.41, 5.74) is 0.818. The summed E-state index contributed by atoms with van der Waals surface area (Å²) in [4.78, 5) is 23.6. The third-order valence-electron chi connectivity index (χ3n) is 3.28. The number of hydrogen-bond acceptors (Lipinski definition) is 5. The van der Waals surface area contributed by atoms with Crippen LogP contribution in [0.4, 0.5) is 4.39 Å². The number of ether oxygens (including phenoxy) is 3. The van der Waals surface area contributed by atoms with E-state index in [2.05, 4.69) is 0 Å². The van der Waals surface area contributed by atoms with Gasteiger partial charge in [0, 0.05) is 17.7 Å². The number of esters is 1. The fourth-order valence-corrected chi connectivity index (χ4v) is 2.02. The molecule has 6 heteroatoms. The van der Waals surface area contributed by atoms with Crippen LogP contribution in [0.1, 0.15) is 15.9 Å². The van der Waals surface area contributed by atoms with Crippen molar-refractivity contribution in [3.63, 3.8) is 0 Å². The van der Waals surface area contributed by atoms with Gasteiger partial charge in [-0.2, -0.15) is 0 Å². The van der Waals surface area contributed by atoms with Gasteiger partial charge in [0.1, 0.15) is 17.3 Å². The predicted octanol–water partition coefficient (Wildman–Crippen LogP) is 3.28. The fourth-order valence-electron chi connectivity index (χ4n) is 2.02. The Morgan fingerprint density at radius 2 is 1.72 bits per heavy atom. The molecule has 0 heterocycles. The van der Waals surface area contributed by atoms with E-state index in [-0.39, 0.29) is 5.56 Å². The van der Waals surface area contributed by atoms with E-state index >= 15 is 0 Å². The Morgan fingerprint density at radius 1 is 1.04 bits per heavy atom. The monoisotopic (exact) mass is 344 g/mol. The number of benzene rings is 2. The molecule has 0 aliphatic rings. The van der Waals surface area contributed by atoms with Gasteiger partial charge in [-0.15, -0.1) is 0 Å². The minimum absolute atomic E-state index is 0.148. The summed E-state index contributed by atoms with van der Waals surface area (Å²) in [7, 11) is 3.04. The number of Topliss-reactive ketones (excluding diaryl/α,β-unsaturated/α-hetero) is 1. The molecular formula is C19H17FO5. The molecule has 0 saturated carbocycles. The normalized spacial score (nSPS) is 10.5. The molecule has 0 aromatic heterocycles. The molecule has 130 valence electrons. The standard InChI is InChI=1S/C19H17FO5/c1-23-16-8-13(9-17(11-16)24-2)6-7-19(22)25-12-18(21)14-4-3-5-15(20)10-14/h3-11H,12H2,1-2H3/b7-6+. The number of hydrogen-bond donors (Lipinski definition) is 0. The quantitative estimate of drug-likeness (QED) is 0.438. The average molecular weight is 344 g/mol. The molecule has 2 aromatic carbocycles. The highest BCUT2D eigenvalue weighted by Crippen LogP contribution is 2.23. The number of ketones is 1. The van der Waals surface area contributed by atoms with Gasteiger partial charge in [-0.05, 0) is 35.9 Å². The van der Waals surface area contributed by atoms with E-state index < -0.39 is 24.2 Å². The molecule has 0 unspecified atom stereocenters. The van der Waals surface area contributed by atoms with Crippen molar-refractivity contribution in [2.45, 2.75) is 0 Å². The van der Waals surface area contributed by atoms with Crippen molar-refractivity contribution in [1.82, 2.24) is 0 Å². The van der Waals surface area contributed by atoms with Crippen molar-refractivity contribution in [3.05, 3.63) is 65.5 Å². The zero-order valence-corrected chi connectivity index (χ0v) is 13.8. The molecule has 0 aliphatic carbocycles. The van der Waals surface area contributed by atoms with Gasteiger partial charge >= 0.3 is 5.97 Å². The molecular weight excluding hydrogens is 327 g/mol. The van der Waals surface area contributed by atoms with E-state index in [4.69, 9.17) is 14.2 Å². The Bertz CT molecular complexity index is 776. The Kier molecular flexibility index (Phi) is 6.28. The van der Waals surface area contributed by atoms with Crippen molar-refractivity contribution in [1.29, 1.82) is 0 Å². The number of carbonyl (C=O) groups excluding carboxylic acids is 2. The molecule has 0 fully saturated rings. The summed E-state index contributed by atoms with van der Waals surface area (Å²) in [6.07, 6.45) is 2.70. The fraction of sp³-hybridized carbons (Fsp3) is 0.158. The van der Waals surface area contributed by atoms with Crippen molar-refractivity contribution in [2.24, 2.45) is 0 Å². The van der Waals surface area contributed by atoms with Crippen LogP contribution in [0.2, 0.25) is 0 Å². The van der Waals surface area contributed by atoms with Crippen LogP contribution < -0.4 is 9.47 Å². The lowest BCUT2D eigenvalue weighted by Crippen LogP contribution is -2.12. The zero-order chi connectivity index (χ0) is 18.2. The summed E-state index contributed by atoms with van der Waals surface area (Å²) in [6.45, 7) is -0.464. The van der Waals surface area contributed by atoms with Gasteiger partial charge in [0.05, 0.1) is 14.2 Å². The van der Waals surface area contributed by atoms with Crippen molar-refractivity contribution in [2.75, 3.05) is 20.8 Å². The minimum Gasteiger partial charge on any atom is -0.497 e. The number of methoxy groups -OCH3 is 2. The first-order valence-electron chi connectivity index (χ1n) is 7.38. The van der Waals surface area contributed by atoms with Gasteiger partial charge in [-0.1, -0.05) is 12.1 Å². The van der Waals surface area contributed by atoms with Crippen LogP contribution in [-0.4, -0.2) is 32.6 Å². The summed E-state index contributed by atoms with van der Waals surface area (Å²) in [5.74, 6) is -0.540. The first kappa shape index (κ1) is 18.2. The molecule has 0 radical (unpaired) electrons. The van der Waals surface area contributed by atoms with Gasteiger partial charge in [-0.3, -0.25) is 4.79 Å². The molecule has 0 atom stereocenters.